The average Bonchev–Trinajstić information content (AvgIpc) is 2.63. The molecule has 2 unspecified atom stereocenters. The molecule has 0 bridgehead atoms. The topological polar surface area (TPSA) is 58.3 Å². The second kappa shape index (κ2) is 5.12. The number of aliphatic hydroxyl groups excluding tert-OH is 2. The van der Waals surface area contributed by atoms with E-state index in [0.29, 0.717) is 12.8 Å². The van der Waals surface area contributed by atoms with Crippen molar-refractivity contribution < 1.29 is 10.2 Å². The lowest BCUT2D eigenvalue weighted by atomic mass is 10.1. The molecule has 14 heavy (non-hydrogen) atoms. The SMILES string of the molecule is CCC(O)C(O)Cc1nccn1CC. The second-order valence-electron chi connectivity index (χ2n) is 3.38. The number of hydrogen-bond acceptors (Lipinski definition) is 3. The first-order valence-electron chi connectivity index (χ1n) is 5.05. The molecule has 1 heterocycles. The van der Waals surface area contributed by atoms with Crippen LogP contribution in [0.2, 0.25) is 0 Å². The Morgan fingerprint density at radius 2 is 2.07 bits per heavy atom. The molecule has 1 aromatic heterocycles. The number of rotatable bonds is 5. The molecule has 0 fully saturated rings. The Bertz CT molecular complexity index is 273. The number of nitrogens with zero attached hydrogens (tertiary/aromatic N) is 2. The van der Waals surface area contributed by atoms with Crippen LogP contribution in [0.3, 0.4) is 0 Å². The van der Waals surface area contributed by atoms with Crippen molar-refractivity contribution >= 4 is 0 Å². The summed E-state index contributed by atoms with van der Waals surface area (Å²) in [6, 6.07) is 0. The van der Waals surface area contributed by atoms with Crippen LogP contribution >= 0.6 is 0 Å². The molecular weight excluding hydrogens is 180 g/mol. The Hall–Kier alpha value is -0.870. The number of imidazole rings is 1. The van der Waals surface area contributed by atoms with Gasteiger partial charge in [-0.25, -0.2) is 4.98 Å². The lowest BCUT2D eigenvalue weighted by molar-refractivity contribution is 0.0166. The van der Waals surface area contributed by atoms with Crippen LogP contribution in [0.1, 0.15) is 26.1 Å². The fraction of sp³-hybridized carbons (Fsp3) is 0.700. The normalized spacial score (nSPS) is 15.4. The van der Waals surface area contributed by atoms with Crippen LogP contribution in [0.15, 0.2) is 12.4 Å². The van der Waals surface area contributed by atoms with Gasteiger partial charge in [-0.2, -0.15) is 0 Å². The molecule has 0 amide bonds. The minimum atomic E-state index is -0.715. The number of aliphatic hydroxyl groups is 2. The highest BCUT2D eigenvalue weighted by molar-refractivity contribution is 4.95. The highest BCUT2D eigenvalue weighted by Crippen LogP contribution is 2.06. The summed E-state index contributed by atoms with van der Waals surface area (Å²) in [6.45, 7) is 4.71. The van der Waals surface area contributed by atoms with Crippen molar-refractivity contribution in [3.05, 3.63) is 18.2 Å². The first-order chi connectivity index (χ1) is 6.69. The van der Waals surface area contributed by atoms with Crippen LogP contribution in [-0.2, 0) is 13.0 Å². The van der Waals surface area contributed by atoms with E-state index in [0.717, 1.165) is 12.4 Å². The van der Waals surface area contributed by atoms with Crippen molar-refractivity contribution in [1.82, 2.24) is 9.55 Å². The predicted molar refractivity (Wildman–Crippen MR) is 53.9 cm³/mol. The van der Waals surface area contributed by atoms with E-state index < -0.39 is 12.2 Å². The summed E-state index contributed by atoms with van der Waals surface area (Å²) in [5, 5.41) is 19.0. The molecule has 80 valence electrons. The van der Waals surface area contributed by atoms with Crippen molar-refractivity contribution in [3.63, 3.8) is 0 Å². The van der Waals surface area contributed by atoms with Crippen molar-refractivity contribution in [2.24, 2.45) is 0 Å². The van der Waals surface area contributed by atoms with Crippen LogP contribution in [0, 0.1) is 0 Å². The van der Waals surface area contributed by atoms with Gasteiger partial charge in [-0.05, 0) is 13.3 Å². The largest absolute Gasteiger partial charge is 0.390 e. The van der Waals surface area contributed by atoms with Crippen molar-refractivity contribution in [1.29, 1.82) is 0 Å². The Morgan fingerprint density at radius 3 is 2.64 bits per heavy atom. The molecule has 0 aromatic carbocycles. The van der Waals surface area contributed by atoms with Gasteiger partial charge in [0.1, 0.15) is 5.82 Å². The maximum atomic E-state index is 9.61. The van der Waals surface area contributed by atoms with E-state index in [9.17, 15) is 10.2 Å². The highest BCUT2D eigenvalue weighted by Gasteiger charge is 2.16. The number of aryl methyl sites for hydroxylation is 1. The predicted octanol–water partition coefficient (Wildman–Crippen LogP) is 0.577. The molecule has 0 radical (unpaired) electrons. The zero-order valence-electron chi connectivity index (χ0n) is 8.72. The molecular formula is C10H18N2O2. The quantitative estimate of drug-likeness (QED) is 0.727. The maximum Gasteiger partial charge on any atom is 0.111 e. The minimum absolute atomic E-state index is 0.413. The van der Waals surface area contributed by atoms with Crippen molar-refractivity contribution in [2.45, 2.75) is 45.4 Å². The molecule has 0 aliphatic rings. The number of aromatic nitrogens is 2. The van der Waals surface area contributed by atoms with Gasteiger partial charge >= 0.3 is 0 Å². The van der Waals surface area contributed by atoms with Crippen molar-refractivity contribution in [3.8, 4) is 0 Å². The summed E-state index contributed by atoms with van der Waals surface area (Å²) in [5.41, 5.74) is 0. The second-order valence-corrected chi connectivity index (χ2v) is 3.38. The summed E-state index contributed by atoms with van der Waals surface area (Å²) in [7, 11) is 0. The third-order valence-electron chi connectivity index (χ3n) is 2.40. The zero-order chi connectivity index (χ0) is 10.6. The average molecular weight is 198 g/mol. The zero-order valence-corrected chi connectivity index (χ0v) is 8.72. The minimum Gasteiger partial charge on any atom is -0.390 e. The van der Waals surface area contributed by atoms with E-state index in [1.807, 2.05) is 24.6 Å². The summed E-state index contributed by atoms with van der Waals surface area (Å²) in [5.74, 6) is 0.826. The fourth-order valence-electron chi connectivity index (χ4n) is 1.41. The lowest BCUT2D eigenvalue weighted by Gasteiger charge is -2.16. The monoisotopic (exact) mass is 198 g/mol. The Labute approximate surface area is 84.2 Å². The highest BCUT2D eigenvalue weighted by atomic mass is 16.3. The molecule has 1 rings (SSSR count). The summed E-state index contributed by atoms with van der Waals surface area (Å²) >= 11 is 0. The summed E-state index contributed by atoms with van der Waals surface area (Å²) < 4.78 is 1.96. The van der Waals surface area contributed by atoms with E-state index in [2.05, 4.69) is 4.98 Å². The third-order valence-corrected chi connectivity index (χ3v) is 2.40. The van der Waals surface area contributed by atoms with Crippen molar-refractivity contribution in [2.75, 3.05) is 0 Å². The molecule has 4 heteroatoms. The van der Waals surface area contributed by atoms with Crippen LogP contribution in [0.25, 0.3) is 0 Å². The molecule has 0 aliphatic carbocycles. The van der Waals surface area contributed by atoms with Gasteiger partial charge in [-0.3, -0.25) is 0 Å². The Morgan fingerprint density at radius 1 is 1.36 bits per heavy atom. The first kappa shape index (κ1) is 11.2. The summed E-state index contributed by atoms with van der Waals surface area (Å²) in [4.78, 5) is 4.14. The van der Waals surface area contributed by atoms with E-state index in [-0.39, 0.29) is 0 Å². The molecule has 0 spiro atoms. The van der Waals surface area contributed by atoms with Crippen LogP contribution in [-0.4, -0.2) is 32.0 Å². The van der Waals surface area contributed by atoms with Gasteiger partial charge in [0, 0.05) is 25.4 Å². The molecule has 2 N–H and O–H groups in total. The Kier molecular flexibility index (Phi) is 4.10. The maximum absolute atomic E-state index is 9.61. The molecule has 4 nitrogen and oxygen atoms in total. The third kappa shape index (κ3) is 2.56. The first-order valence-corrected chi connectivity index (χ1v) is 5.05. The molecule has 2 atom stereocenters. The molecule has 0 saturated heterocycles. The van der Waals surface area contributed by atoms with Crippen LogP contribution in [0.5, 0.6) is 0 Å². The van der Waals surface area contributed by atoms with Gasteiger partial charge in [0.15, 0.2) is 0 Å². The van der Waals surface area contributed by atoms with E-state index in [1.165, 1.54) is 0 Å². The molecule has 0 aliphatic heterocycles. The van der Waals surface area contributed by atoms with Gasteiger partial charge in [0.05, 0.1) is 12.2 Å². The molecule has 1 aromatic rings. The van der Waals surface area contributed by atoms with E-state index in [4.69, 9.17) is 0 Å². The fourth-order valence-corrected chi connectivity index (χ4v) is 1.41. The number of hydrogen-bond donors (Lipinski definition) is 2. The van der Waals surface area contributed by atoms with Gasteiger partial charge in [-0.1, -0.05) is 6.92 Å². The Balaban J connectivity index is 2.59. The van der Waals surface area contributed by atoms with E-state index in [1.54, 1.807) is 6.20 Å². The standard InChI is InChI=1S/C10H18N2O2/c1-3-8(13)9(14)7-10-11-5-6-12(10)4-2/h5-6,8-9,13-14H,3-4,7H2,1-2H3. The van der Waals surface area contributed by atoms with Crippen LogP contribution in [0.4, 0.5) is 0 Å². The summed E-state index contributed by atoms with van der Waals surface area (Å²) in [6.07, 6.45) is 3.19. The van der Waals surface area contributed by atoms with Gasteiger partial charge < -0.3 is 14.8 Å². The smallest absolute Gasteiger partial charge is 0.111 e. The van der Waals surface area contributed by atoms with E-state index >= 15 is 0 Å². The van der Waals surface area contributed by atoms with Gasteiger partial charge in [0.2, 0.25) is 0 Å². The van der Waals surface area contributed by atoms with Gasteiger partial charge in [-0.15, -0.1) is 0 Å². The lowest BCUT2D eigenvalue weighted by Crippen LogP contribution is -2.28. The molecule has 0 saturated carbocycles. The van der Waals surface area contributed by atoms with Crippen LogP contribution < -0.4 is 0 Å². The van der Waals surface area contributed by atoms with Gasteiger partial charge in [0.25, 0.3) is 0 Å².